The number of benzene rings is 1. The number of hydrogen-bond donors (Lipinski definition) is 3. The van der Waals surface area contributed by atoms with Crippen molar-refractivity contribution < 1.29 is 14.7 Å². The van der Waals surface area contributed by atoms with E-state index in [4.69, 9.17) is 5.11 Å². The van der Waals surface area contributed by atoms with Crippen LogP contribution in [0.5, 0.6) is 0 Å². The van der Waals surface area contributed by atoms with E-state index >= 15 is 0 Å². The van der Waals surface area contributed by atoms with Gasteiger partial charge in [0.25, 0.3) is 0 Å². The van der Waals surface area contributed by atoms with Crippen molar-refractivity contribution in [2.24, 2.45) is 5.41 Å². The smallest absolute Gasteiger partial charge is 0.319 e. The Balaban J connectivity index is 2.52. The number of anilines is 1. The number of aryl methyl sites for hydroxylation is 1. The first-order valence-electron chi connectivity index (χ1n) is 7.07. The highest BCUT2D eigenvalue weighted by Crippen LogP contribution is 2.18. The molecular formula is C16H24N2O3. The lowest BCUT2D eigenvalue weighted by Crippen LogP contribution is -2.43. The first kappa shape index (κ1) is 17.0. The van der Waals surface area contributed by atoms with Gasteiger partial charge in [0, 0.05) is 18.2 Å². The minimum atomic E-state index is -0.812. The second kappa shape index (κ2) is 7.11. The van der Waals surface area contributed by atoms with Crippen molar-refractivity contribution in [2.75, 3.05) is 5.32 Å². The molecular weight excluding hydrogens is 268 g/mol. The molecule has 1 aromatic carbocycles. The maximum absolute atomic E-state index is 11.9. The molecule has 5 heteroatoms. The zero-order valence-corrected chi connectivity index (χ0v) is 13.1. The number of carboxylic acids is 1. The van der Waals surface area contributed by atoms with Gasteiger partial charge in [0.05, 0.1) is 0 Å². The highest BCUT2D eigenvalue weighted by atomic mass is 16.4. The Morgan fingerprint density at radius 1 is 1.19 bits per heavy atom. The molecule has 0 bridgehead atoms. The van der Waals surface area contributed by atoms with E-state index in [1.807, 2.05) is 19.1 Å². The summed E-state index contributed by atoms with van der Waals surface area (Å²) < 4.78 is 0. The van der Waals surface area contributed by atoms with Crippen LogP contribution in [-0.2, 0) is 11.2 Å². The fourth-order valence-electron chi connectivity index (χ4n) is 1.59. The normalized spacial score (nSPS) is 12.6. The summed E-state index contributed by atoms with van der Waals surface area (Å²) in [6, 6.07) is 7.01. The van der Waals surface area contributed by atoms with Crippen LogP contribution in [0.1, 0.15) is 39.7 Å². The van der Waals surface area contributed by atoms with E-state index in [1.54, 1.807) is 12.1 Å². The Morgan fingerprint density at radius 3 is 2.24 bits per heavy atom. The number of amides is 2. The van der Waals surface area contributed by atoms with Gasteiger partial charge >= 0.3 is 12.0 Å². The lowest BCUT2D eigenvalue weighted by Gasteiger charge is -2.28. The van der Waals surface area contributed by atoms with Crippen LogP contribution in [0.15, 0.2) is 24.3 Å². The van der Waals surface area contributed by atoms with Crippen molar-refractivity contribution in [3.63, 3.8) is 0 Å². The van der Waals surface area contributed by atoms with Crippen LogP contribution in [0.4, 0.5) is 10.5 Å². The fourth-order valence-corrected chi connectivity index (χ4v) is 1.59. The third kappa shape index (κ3) is 6.29. The van der Waals surface area contributed by atoms with Crippen LogP contribution in [0.25, 0.3) is 0 Å². The Labute approximate surface area is 125 Å². The van der Waals surface area contributed by atoms with E-state index in [0.29, 0.717) is 12.1 Å². The Kier molecular flexibility index (Phi) is 5.76. The zero-order valence-electron chi connectivity index (χ0n) is 13.1. The molecule has 0 aliphatic rings. The maximum Gasteiger partial charge on any atom is 0.319 e. The quantitative estimate of drug-likeness (QED) is 0.779. The van der Waals surface area contributed by atoms with Gasteiger partial charge in [0.15, 0.2) is 0 Å². The van der Waals surface area contributed by atoms with Gasteiger partial charge in [-0.05, 0) is 36.5 Å². The number of carbonyl (C=O) groups is 2. The summed E-state index contributed by atoms with van der Waals surface area (Å²) in [6.45, 7) is 8.16. The van der Waals surface area contributed by atoms with E-state index in [0.717, 1.165) is 5.56 Å². The molecule has 0 spiro atoms. The predicted molar refractivity (Wildman–Crippen MR) is 83.5 cm³/mol. The van der Waals surface area contributed by atoms with Gasteiger partial charge < -0.3 is 15.7 Å². The summed E-state index contributed by atoms with van der Waals surface area (Å²) in [5, 5.41) is 14.3. The minimum Gasteiger partial charge on any atom is -0.481 e. The van der Waals surface area contributed by atoms with Gasteiger partial charge in [-0.3, -0.25) is 4.79 Å². The van der Waals surface area contributed by atoms with E-state index in [-0.39, 0.29) is 23.9 Å². The first-order valence-corrected chi connectivity index (χ1v) is 7.07. The van der Waals surface area contributed by atoms with Gasteiger partial charge in [0.2, 0.25) is 0 Å². The van der Waals surface area contributed by atoms with Gasteiger partial charge in [-0.1, -0.05) is 32.9 Å². The zero-order chi connectivity index (χ0) is 16.0. The highest BCUT2D eigenvalue weighted by Gasteiger charge is 2.21. The lowest BCUT2D eigenvalue weighted by molar-refractivity contribution is -0.136. The van der Waals surface area contributed by atoms with Gasteiger partial charge in [0.1, 0.15) is 0 Å². The fraction of sp³-hybridized carbons (Fsp3) is 0.500. The number of carboxylic acid groups (broad SMARTS) is 1. The molecule has 0 fully saturated rings. The molecule has 21 heavy (non-hydrogen) atoms. The van der Waals surface area contributed by atoms with Crippen LogP contribution >= 0.6 is 0 Å². The van der Waals surface area contributed by atoms with E-state index in [9.17, 15) is 9.59 Å². The molecule has 3 N–H and O–H groups in total. The van der Waals surface area contributed by atoms with Crippen molar-refractivity contribution in [1.29, 1.82) is 0 Å². The molecule has 0 saturated heterocycles. The van der Waals surface area contributed by atoms with Gasteiger partial charge in [-0.15, -0.1) is 0 Å². The lowest BCUT2D eigenvalue weighted by atomic mass is 9.88. The maximum atomic E-state index is 11.9. The number of hydrogen-bond acceptors (Lipinski definition) is 2. The highest BCUT2D eigenvalue weighted by molar-refractivity contribution is 5.89. The van der Waals surface area contributed by atoms with Gasteiger partial charge in [-0.25, -0.2) is 4.79 Å². The molecule has 1 aromatic rings. The van der Waals surface area contributed by atoms with Crippen LogP contribution in [0.3, 0.4) is 0 Å². The minimum absolute atomic E-state index is 0.00195. The topological polar surface area (TPSA) is 78.4 Å². The number of nitrogens with one attached hydrogen (secondary N) is 2. The Hall–Kier alpha value is -2.04. The third-order valence-electron chi connectivity index (χ3n) is 3.49. The third-order valence-corrected chi connectivity index (χ3v) is 3.49. The summed E-state index contributed by atoms with van der Waals surface area (Å²) in [4.78, 5) is 22.4. The predicted octanol–water partition coefficient (Wildman–Crippen LogP) is 3.26. The Bertz CT molecular complexity index is 489. The standard InChI is InChI=1S/C16H24N2O3/c1-11(16(2,3)4)17-15(21)18-13-8-5-12(6-9-13)7-10-14(19)20/h5-6,8-9,11H,7,10H2,1-4H3,(H,19,20)(H2,17,18,21). The molecule has 5 nitrogen and oxygen atoms in total. The van der Waals surface area contributed by atoms with Crippen molar-refractivity contribution >= 4 is 17.7 Å². The summed E-state index contributed by atoms with van der Waals surface area (Å²) >= 11 is 0. The van der Waals surface area contributed by atoms with Crippen molar-refractivity contribution in [2.45, 2.75) is 46.6 Å². The number of carbonyl (C=O) groups excluding carboxylic acids is 1. The van der Waals surface area contributed by atoms with Crippen LogP contribution in [-0.4, -0.2) is 23.1 Å². The summed E-state index contributed by atoms with van der Waals surface area (Å²) in [6.07, 6.45) is 0.596. The molecule has 1 unspecified atom stereocenters. The molecule has 0 aliphatic carbocycles. The summed E-state index contributed by atoms with van der Waals surface area (Å²) in [7, 11) is 0. The second-order valence-corrected chi connectivity index (χ2v) is 6.28. The number of aliphatic carboxylic acids is 1. The average molecular weight is 292 g/mol. The summed E-state index contributed by atoms with van der Waals surface area (Å²) in [5.74, 6) is -0.812. The number of rotatable bonds is 5. The molecule has 0 aliphatic heterocycles. The van der Waals surface area contributed by atoms with E-state index in [1.165, 1.54) is 0 Å². The number of urea groups is 1. The average Bonchev–Trinajstić information content (AvgIpc) is 2.36. The van der Waals surface area contributed by atoms with E-state index < -0.39 is 5.97 Å². The van der Waals surface area contributed by atoms with Crippen LogP contribution in [0.2, 0.25) is 0 Å². The molecule has 0 saturated carbocycles. The van der Waals surface area contributed by atoms with Crippen molar-refractivity contribution in [3.8, 4) is 0 Å². The SMILES string of the molecule is CC(NC(=O)Nc1ccc(CCC(=O)O)cc1)C(C)(C)C. The molecule has 2 amide bonds. The molecule has 1 rings (SSSR count). The van der Waals surface area contributed by atoms with Crippen molar-refractivity contribution in [3.05, 3.63) is 29.8 Å². The Morgan fingerprint density at radius 2 is 1.76 bits per heavy atom. The van der Waals surface area contributed by atoms with Crippen molar-refractivity contribution in [1.82, 2.24) is 5.32 Å². The largest absolute Gasteiger partial charge is 0.481 e. The van der Waals surface area contributed by atoms with Gasteiger partial charge in [-0.2, -0.15) is 0 Å². The molecule has 0 radical (unpaired) electrons. The monoisotopic (exact) mass is 292 g/mol. The van der Waals surface area contributed by atoms with Crippen LogP contribution < -0.4 is 10.6 Å². The molecule has 116 valence electrons. The molecule has 0 aromatic heterocycles. The second-order valence-electron chi connectivity index (χ2n) is 6.28. The van der Waals surface area contributed by atoms with Crippen LogP contribution in [0, 0.1) is 5.41 Å². The molecule has 1 atom stereocenters. The summed E-state index contributed by atoms with van der Waals surface area (Å²) in [5.41, 5.74) is 1.62. The first-order chi connectivity index (χ1) is 9.68. The van der Waals surface area contributed by atoms with E-state index in [2.05, 4.69) is 31.4 Å². The molecule has 0 heterocycles.